The average Bonchev–Trinajstić information content (AvgIpc) is 3.01. The third kappa shape index (κ3) is 6.38. The molecule has 1 unspecified atom stereocenters. The second-order valence-corrected chi connectivity index (χ2v) is 8.32. The van der Waals surface area contributed by atoms with Crippen molar-refractivity contribution in [3.05, 3.63) is 64.7 Å². The Morgan fingerprint density at radius 1 is 0.969 bits per heavy atom. The molecule has 1 heterocycles. The monoisotopic (exact) mass is 467 g/mol. The van der Waals surface area contributed by atoms with Crippen LogP contribution in [0.15, 0.2) is 48.5 Å². The van der Waals surface area contributed by atoms with Gasteiger partial charge in [-0.05, 0) is 54.3 Å². The van der Waals surface area contributed by atoms with Crippen LogP contribution in [-0.4, -0.2) is 47.9 Å². The van der Waals surface area contributed by atoms with Gasteiger partial charge < -0.3 is 15.1 Å². The van der Waals surface area contributed by atoms with E-state index >= 15 is 0 Å². The average molecular weight is 468 g/mol. The van der Waals surface area contributed by atoms with E-state index < -0.39 is 11.7 Å². The smallest absolute Gasteiger partial charge is 0.341 e. The number of halogens is 4. The molecule has 2 aromatic rings. The highest BCUT2D eigenvalue weighted by Gasteiger charge is 2.30. The van der Waals surface area contributed by atoms with Gasteiger partial charge >= 0.3 is 12.2 Å². The van der Waals surface area contributed by atoms with E-state index in [1.807, 2.05) is 6.92 Å². The molecule has 5 nitrogen and oxygen atoms in total. The summed E-state index contributed by atoms with van der Waals surface area (Å²) in [7, 11) is 0. The maximum Gasteiger partial charge on any atom is 0.416 e. The Kier molecular flexibility index (Phi) is 7.66. The number of hydrogen-bond acceptors (Lipinski definition) is 2. The van der Waals surface area contributed by atoms with E-state index in [0.717, 1.165) is 12.1 Å². The van der Waals surface area contributed by atoms with Crippen LogP contribution in [0, 0.1) is 0 Å². The van der Waals surface area contributed by atoms with Crippen LogP contribution < -0.4 is 5.32 Å². The molecule has 9 heteroatoms. The SMILES string of the molecule is CC(CC(=O)N1CCCN(C(=O)Nc2ccc(Cl)cc2)CC1)c1ccc(C(F)(F)F)cc1. The number of urea groups is 1. The van der Waals surface area contributed by atoms with Crippen molar-refractivity contribution in [3.8, 4) is 0 Å². The predicted molar refractivity (Wildman–Crippen MR) is 118 cm³/mol. The summed E-state index contributed by atoms with van der Waals surface area (Å²) in [4.78, 5) is 28.7. The maximum absolute atomic E-state index is 12.8. The van der Waals surface area contributed by atoms with Crippen LogP contribution in [0.1, 0.15) is 36.8 Å². The number of carbonyl (C=O) groups excluding carboxylic acids is 2. The second kappa shape index (κ2) is 10.3. The Morgan fingerprint density at radius 3 is 2.19 bits per heavy atom. The Balaban J connectivity index is 1.52. The number of anilines is 1. The van der Waals surface area contributed by atoms with Crippen LogP contribution in [0.25, 0.3) is 0 Å². The number of nitrogens with zero attached hydrogens (tertiary/aromatic N) is 2. The van der Waals surface area contributed by atoms with Crippen LogP contribution in [-0.2, 0) is 11.0 Å². The fourth-order valence-corrected chi connectivity index (χ4v) is 3.74. The van der Waals surface area contributed by atoms with Gasteiger partial charge in [0.05, 0.1) is 5.56 Å². The van der Waals surface area contributed by atoms with Gasteiger partial charge in [-0.15, -0.1) is 0 Å². The maximum atomic E-state index is 12.8. The fraction of sp³-hybridized carbons (Fsp3) is 0.391. The summed E-state index contributed by atoms with van der Waals surface area (Å²) in [6, 6.07) is 11.5. The summed E-state index contributed by atoms with van der Waals surface area (Å²) in [6.07, 6.45) is -3.54. The van der Waals surface area contributed by atoms with E-state index in [0.29, 0.717) is 48.9 Å². The zero-order valence-electron chi connectivity index (χ0n) is 17.7. The molecule has 0 saturated carbocycles. The van der Waals surface area contributed by atoms with Gasteiger partial charge in [0.15, 0.2) is 0 Å². The number of rotatable bonds is 4. The van der Waals surface area contributed by atoms with Crippen LogP contribution in [0.2, 0.25) is 5.02 Å². The lowest BCUT2D eigenvalue weighted by Crippen LogP contribution is -2.39. The van der Waals surface area contributed by atoms with E-state index in [2.05, 4.69) is 5.32 Å². The zero-order chi connectivity index (χ0) is 23.3. The van der Waals surface area contributed by atoms with Gasteiger partial charge in [-0.2, -0.15) is 13.2 Å². The molecule has 32 heavy (non-hydrogen) atoms. The van der Waals surface area contributed by atoms with Crippen molar-refractivity contribution in [1.29, 1.82) is 0 Å². The molecule has 1 atom stereocenters. The first kappa shape index (κ1) is 23.9. The number of hydrogen-bond donors (Lipinski definition) is 1. The zero-order valence-corrected chi connectivity index (χ0v) is 18.4. The molecular weight excluding hydrogens is 443 g/mol. The van der Waals surface area contributed by atoms with Crippen LogP contribution in [0.3, 0.4) is 0 Å². The lowest BCUT2D eigenvalue weighted by atomic mass is 9.96. The molecule has 1 fully saturated rings. The van der Waals surface area contributed by atoms with Crippen LogP contribution in [0.5, 0.6) is 0 Å². The van der Waals surface area contributed by atoms with Crippen molar-refractivity contribution in [3.63, 3.8) is 0 Å². The number of carbonyl (C=O) groups is 2. The van der Waals surface area contributed by atoms with Crippen molar-refractivity contribution in [2.45, 2.75) is 31.9 Å². The Morgan fingerprint density at radius 2 is 1.56 bits per heavy atom. The Hall–Kier alpha value is -2.74. The van der Waals surface area contributed by atoms with Crippen molar-refractivity contribution in [1.82, 2.24) is 9.80 Å². The number of nitrogens with one attached hydrogen (secondary N) is 1. The Labute approximate surface area is 190 Å². The summed E-state index contributed by atoms with van der Waals surface area (Å²) in [5, 5.41) is 3.41. The van der Waals surface area contributed by atoms with Crippen molar-refractivity contribution in [2.24, 2.45) is 0 Å². The molecule has 1 N–H and O–H groups in total. The molecular formula is C23H25ClF3N3O2. The highest BCUT2D eigenvalue weighted by Crippen LogP contribution is 2.30. The summed E-state index contributed by atoms with van der Waals surface area (Å²) >= 11 is 5.86. The highest BCUT2D eigenvalue weighted by molar-refractivity contribution is 6.30. The molecule has 0 spiro atoms. The van der Waals surface area contributed by atoms with E-state index in [-0.39, 0.29) is 24.3 Å². The number of alkyl halides is 3. The van der Waals surface area contributed by atoms with Gasteiger partial charge in [0, 0.05) is 43.3 Å². The third-order valence-corrected chi connectivity index (χ3v) is 5.77. The molecule has 1 aliphatic rings. The minimum atomic E-state index is -4.38. The minimum absolute atomic E-state index is 0.0719. The van der Waals surface area contributed by atoms with E-state index in [1.54, 1.807) is 34.1 Å². The Bertz CT molecular complexity index is 933. The predicted octanol–water partition coefficient (Wildman–Crippen LogP) is 5.62. The first-order chi connectivity index (χ1) is 15.1. The van der Waals surface area contributed by atoms with Gasteiger partial charge in [0.25, 0.3) is 0 Å². The summed E-state index contributed by atoms with van der Waals surface area (Å²) in [5.74, 6) is -0.283. The van der Waals surface area contributed by atoms with Crippen molar-refractivity contribution in [2.75, 3.05) is 31.5 Å². The lowest BCUT2D eigenvalue weighted by molar-refractivity contribution is -0.137. The molecule has 2 aromatic carbocycles. The van der Waals surface area contributed by atoms with Crippen LogP contribution >= 0.6 is 11.6 Å². The summed E-state index contributed by atoms with van der Waals surface area (Å²) in [6.45, 7) is 3.69. The summed E-state index contributed by atoms with van der Waals surface area (Å²) < 4.78 is 38.2. The quantitative estimate of drug-likeness (QED) is 0.634. The normalized spacial score (nSPS) is 15.8. The molecule has 172 valence electrons. The third-order valence-electron chi connectivity index (χ3n) is 5.52. The fourth-order valence-electron chi connectivity index (χ4n) is 3.62. The molecule has 0 aliphatic carbocycles. The molecule has 1 saturated heterocycles. The number of benzene rings is 2. The van der Waals surface area contributed by atoms with Gasteiger partial charge in [-0.25, -0.2) is 4.79 Å². The molecule has 1 aliphatic heterocycles. The topological polar surface area (TPSA) is 52.7 Å². The van der Waals surface area contributed by atoms with Gasteiger partial charge in [0.2, 0.25) is 5.91 Å². The first-order valence-corrected chi connectivity index (χ1v) is 10.8. The summed E-state index contributed by atoms with van der Waals surface area (Å²) in [5.41, 5.74) is 0.622. The van der Waals surface area contributed by atoms with Crippen LogP contribution in [0.4, 0.5) is 23.7 Å². The standard InChI is InChI=1S/C23H25ClF3N3O2/c1-16(17-3-5-18(6-4-17)23(25,26)27)15-21(31)29-11-2-12-30(14-13-29)22(32)28-20-9-7-19(24)8-10-20/h3-10,16H,2,11-15H2,1H3,(H,28,32). The van der Waals surface area contributed by atoms with E-state index in [1.165, 1.54) is 12.1 Å². The molecule has 3 rings (SSSR count). The largest absolute Gasteiger partial charge is 0.416 e. The van der Waals surface area contributed by atoms with Gasteiger partial charge in [-0.1, -0.05) is 30.7 Å². The molecule has 0 radical (unpaired) electrons. The van der Waals surface area contributed by atoms with E-state index in [9.17, 15) is 22.8 Å². The van der Waals surface area contributed by atoms with Gasteiger partial charge in [0.1, 0.15) is 0 Å². The molecule has 0 aromatic heterocycles. The minimum Gasteiger partial charge on any atom is -0.341 e. The lowest BCUT2D eigenvalue weighted by Gasteiger charge is -2.24. The molecule has 0 bridgehead atoms. The molecule has 3 amide bonds. The van der Waals surface area contributed by atoms with E-state index in [4.69, 9.17) is 11.6 Å². The second-order valence-electron chi connectivity index (χ2n) is 7.88. The van der Waals surface area contributed by atoms with Gasteiger partial charge in [-0.3, -0.25) is 4.79 Å². The van der Waals surface area contributed by atoms with Crippen molar-refractivity contribution >= 4 is 29.2 Å². The number of amides is 3. The van der Waals surface area contributed by atoms with Crippen molar-refractivity contribution < 1.29 is 22.8 Å². The highest BCUT2D eigenvalue weighted by atomic mass is 35.5. The first-order valence-electron chi connectivity index (χ1n) is 10.4.